The minimum absolute atomic E-state index is 0. The molecule has 118 valence electrons. The normalized spacial score (nSPS) is 12.6. The second kappa shape index (κ2) is 7.26. The Bertz CT molecular complexity index is 673. The summed E-state index contributed by atoms with van der Waals surface area (Å²) in [7, 11) is 3.50. The zero-order valence-corrected chi connectivity index (χ0v) is 15.8. The average molecular weight is 373 g/mol. The monoisotopic (exact) mass is 372 g/mol. The van der Waals surface area contributed by atoms with Crippen LogP contribution in [-0.4, -0.2) is 0 Å². The van der Waals surface area contributed by atoms with Crippen LogP contribution < -0.4 is 10.0 Å². The first-order valence-electron chi connectivity index (χ1n) is 6.86. The summed E-state index contributed by atoms with van der Waals surface area (Å²) in [6, 6.07) is 10.1. The zero-order chi connectivity index (χ0) is 15.0. The van der Waals surface area contributed by atoms with Gasteiger partial charge in [0, 0.05) is 32.3 Å². The van der Waals surface area contributed by atoms with Gasteiger partial charge in [0.2, 0.25) is 0 Å². The van der Waals surface area contributed by atoms with Gasteiger partial charge in [0.15, 0.2) is 0 Å². The molecular formula is C16H18Cl2N2S2. The molecule has 0 radical (unpaired) electrons. The Morgan fingerprint density at radius 1 is 1.18 bits per heavy atom. The maximum Gasteiger partial charge on any atom is 0.0627 e. The summed E-state index contributed by atoms with van der Waals surface area (Å²) in [4.78, 5) is 1.35. The molecule has 1 aliphatic rings. The second-order valence-electron chi connectivity index (χ2n) is 5.41. The van der Waals surface area contributed by atoms with Crippen molar-refractivity contribution in [2.24, 2.45) is 0 Å². The lowest BCUT2D eigenvalue weighted by Crippen LogP contribution is -2.01. The van der Waals surface area contributed by atoms with E-state index in [1.807, 2.05) is 35.1 Å². The van der Waals surface area contributed by atoms with Gasteiger partial charge < -0.3 is 10.0 Å². The van der Waals surface area contributed by atoms with Crippen molar-refractivity contribution < 1.29 is 0 Å². The summed E-state index contributed by atoms with van der Waals surface area (Å²) in [5.74, 6) is 0.460. The van der Waals surface area contributed by atoms with Crippen molar-refractivity contribution >= 4 is 62.8 Å². The molecule has 0 atom stereocenters. The molecule has 22 heavy (non-hydrogen) atoms. The summed E-state index contributed by atoms with van der Waals surface area (Å²) in [5, 5.41) is 4.30. The van der Waals surface area contributed by atoms with E-state index in [0.717, 1.165) is 10.7 Å². The first-order chi connectivity index (χ1) is 10.1. The summed E-state index contributed by atoms with van der Waals surface area (Å²) in [6.07, 6.45) is 0. The molecule has 1 aliphatic heterocycles. The van der Waals surface area contributed by atoms with Gasteiger partial charge in [0.25, 0.3) is 0 Å². The number of fused-ring (bicyclic) bond motifs is 1. The number of nitrogens with one attached hydrogen (secondary N) is 2. The van der Waals surface area contributed by atoms with Crippen LogP contribution in [0.25, 0.3) is 0 Å². The fraction of sp³-hybridized carbons (Fsp3) is 0.250. The lowest BCUT2D eigenvalue weighted by Gasteiger charge is -2.19. The third-order valence-corrected chi connectivity index (χ3v) is 5.70. The highest BCUT2D eigenvalue weighted by Crippen LogP contribution is 2.52. The molecule has 1 heterocycles. The van der Waals surface area contributed by atoms with E-state index in [2.05, 4.69) is 36.9 Å². The lowest BCUT2D eigenvalue weighted by atomic mass is 9.97. The maximum atomic E-state index is 5.96. The number of benzene rings is 2. The number of hydrogen-bond acceptors (Lipinski definition) is 4. The van der Waals surface area contributed by atoms with E-state index in [4.69, 9.17) is 11.6 Å². The number of aryl methyl sites for hydroxylation is 1. The molecule has 0 aromatic heterocycles. The van der Waals surface area contributed by atoms with Crippen LogP contribution in [0.15, 0.2) is 35.2 Å². The van der Waals surface area contributed by atoms with Gasteiger partial charge in [-0.3, -0.25) is 0 Å². The van der Waals surface area contributed by atoms with Crippen molar-refractivity contribution in [1.29, 1.82) is 0 Å². The van der Waals surface area contributed by atoms with E-state index in [1.54, 1.807) is 11.0 Å². The van der Waals surface area contributed by atoms with Gasteiger partial charge in [-0.05, 0) is 65.1 Å². The summed E-state index contributed by atoms with van der Waals surface area (Å²) >= 11 is 5.96. The second-order valence-corrected chi connectivity index (χ2v) is 7.80. The van der Waals surface area contributed by atoms with Gasteiger partial charge in [-0.25, -0.2) is 0 Å². The van der Waals surface area contributed by atoms with Crippen LogP contribution in [-0.2, 0) is 0 Å². The van der Waals surface area contributed by atoms with E-state index in [0.29, 0.717) is 5.92 Å². The quantitative estimate of drug-likeness (QED) is 0.446. The molecule has 0 amide bonds. The molecule has 0 fully saturated rings. The molecule has 2 N–H and O–H groups in total. The Balaban J connectivity index is 0.00000176. The summed E-state index contributed by atoms with van der Waals surface area (Å²) in [6.45, 7) is 6.62. The number of rotatable bonds is 3. The Morgan fingerprint density at radius 3 is 2.50 bits per heavy atom. The van der Waals surface area contributed by atoms with Crippen LogP contribution in [0.2, 0.25) is 5.02 Å². The van der Waals surface area contributed by atoms with Gasteiger partial charge in [-0.2, -0.15) is 0 Å². The summed E-state index contributed by atoms with van der Waals surface area (Å²) in [5.41, 5.74) is 6.14. The Kier molecular flexibility index (Phi) is 5.83. The SMILES string of the molecule is Cc1cc(Nc2ccc(Cl)cc2)c(C(C)C)c2c1NSS2.Cl. The predicted octanol–water partition coefficient (Wildman–Crippen LogP) is 7.02. The summed E-state index contributed by atoms with van der Waals surface area (Å²) < 4.78 is 3.40. The molecule has 0 aliphatic carbocycles. The molecule has 0 bridgehead atoms. The van der Waals surface area contributed by atoms with Crippen LogP contribution >= 0.6 is 45.8 Å². The number of anilines is 3. The Hall–Kier alpha value is -0.680. The predicted molar refractivity (Wildman–Crippen MR) is 104 cm³/mol. The molecule has 2 nitrogen and oxygen atoms in total. The van der Waals surface area contributed by atoms with Crippen molar-refractivity contribution in [3.05, 3.63) is 46.5 Å². The largest absolute Gasteiger partial charge is 0.355 e. The standard InChI is InChI=1S/C16H17ClN2S2.ClH/c1-9(2)14-13(18-12-6-4-11(17)5-7-12)8-10(3)15-16(14)20-21-19-15;/h4-9,18-19H,1-3H3;1H. The van der Waals surface area contributed by atoms with Crippen LogP contribution in [0.5, 0.6) is 0 Å². The van der Waals surface area contributed by atoms with E-state index >= 15 is 0 Å². The van der Waals surface area contributed by atoms with Crippen molar-refractivity contribution in [3.63, 3.8) is 0 Å². The van der Waals surface area contributed by atoms with Crippen LogP contribution in [0.1, 0.15) is 30.9 Å². The molecule has 0 unspecified atom stereocenters. The molecule has 3 rings (SSSR count). The minimum Gasteiger partial charge on any atom is -0.355 e. The van der Waals surface area contributed by atoms with Crippen LogP contribution in [0.3, 0.4) is 0 Å². The van der Waals surface area contributed by atoms with Crippen molar-refractivity contribution in [2.45, 2.75) is 31.6 Å². The highest BCUT2D eigenvalue weighted by molar-refractivity contribution is 8.77. The van der Waals surface area contributed by atoms with Crippen LogP contribution in [0, 0.1) is 6.92 Å². The average Bonchev–Trinajstić information content (AvgIpc) is 2.90. The Morgan fingerprint density at radius 2 is 1.86 bits per heavy atom. The maximum absolute atomic E-state index is 5.96. The van der Waals surface area contributed by atoms with Crippen molar-refractivity contribution in [2.75, 3.05) is 10.0 Å². The zero-order valence-electron chi connectivity index (χ0n) is 12.6. The smallest absolute Gasteiger partial charge is 0.0627 e. The van der Waals surface area contributed by atoms with E-state index in [9.17, 15) is 0 Å². The van der Waals surface area contributed by atoms with Gasteiger partial charge in [0.05, 0.1) is 5.69 Å². The fourth-order valence-electron chi connectivity index (χ4n) is 2.49. The lowest BCUT2D eigenvalue weighted by molar-refractivity contribution is 0.846. The van der Waals surface area contributed by atoms with Gasteiger partial charge >= 0.3 is 0 Å². The minimum atomic E-state index is 0. The molecule has 6 heteroatoms. The Labute approximate surface area is 150 Å². The molecule has 0 saturated carbocycles. The van der Waals surface area contributed by atoms with Gasteiger partial charge in [-0.1, -0.05) is 25.4 Å². The van der Waals surface area contributed by atoms with Crippen molar-refractivity contribution in [1.82, 2.24) is 0 Å². The van der Waals surface area contributed by atoms with Gasteiger partial charge in [0.1, 0.15) is 0 Å². The number of halogens is 2. The fourth-order valence-corrected chi connectivity index (χ4v) is 5.02. The van der Waals surface area contributed by atoms with Crippen LogP contribution in [0.4, 0.5) is 17.1 Å². The topological polar surface area (TPSA) is 24.1 Å². The van der Waals surface area contributed by atoms with E-state index in [1.165, 1.54) is 27.4 Å². The third kappa shape index (κ3) is 3.46. The molecule has 0 spiro atoms. The molecule has 2 aromatic carbocycles. The molecule has 2 aromatic rings. The van der Waals surface area contributed by atoms with E-state index in [-0.39, 0.29) is 12.4 Å². The number of hydrogen-bond donors (Lipinski definition) is 2. The highest BCUT2D eigenvalue weighted by atomic mass is 35.5. The first kappa shape index (κ1) is 17.7. The third-order valence-electron chi connectivity index (χ3n) is 3.49. The molecular weight excluding hydrogens is 355 g/mol. The highest BCUT2D eigenvalue weighted by Gasteiger charge is 2.23. The first-order valence-corrected chi connectivity index (χ1v) is 9.38. The molecule has 0 saturated heterocycles. The van der Waals surface area contributed by atoms with Crippen molar-refractivity contribution in [3.8, 4) is 0 Å². The van der Waals surface area contributed by atoms with Gasteiger partial charge in [-0.15, -0.1) is 12.4 Å². The van der Waals surface area contributed by atoms with E-state index < -0.39 is 0 Å².